The van der Waals surface area contributed by atoms with Gasteiger partial charge in [-0.1, -0.05) is 12.1 Å². The number of carbonyl (C=O) groups excluding carboxylic acids is 1. The molecule has 3 rings (SSSR count). The van der Waals surface area contributed by atoms with Gasteiger partial charge in [-0.25, -0.2) is 9.18 Å². The molecule has 1 saturated heterocycles. The van der Waals surface area contributed by atoms with Gasteiger partial charge in [-0.15, -0.1) is 0 Å². The lowest BCUT2D eigenvalue weighted by Gasteiger charge is -2.19. The van der Waals surface area contributed by atoms with Crippen LogP contribution in [0.2, 0.25) is 0 Å². The normalized spacial score (nSPS) is 24.8. The molecule has 0 saturated carbocycles. The predicted molar refractivity (Wildman–Crippen MR) is 70.5 cm³/mol. The van der Waals surface area contributed by atoms with E-state index in [9.17, 15) is 14.0 Å². The van der Waals surface area contributed by atoms with Gasteiger partial charge < -0.3 is 10.0 Å². The summed E-state index contributed by atoms with van der Waals surface area (Å²) in [5.41, 5.74) is 0.534. The van der Waals surface area contributed by atoms with Crippen molar-refractivity contribution in [3.63, 3.8) is 0 Å². The molecule has 0 aromatic heterocycles. The summed E-state index contributed by atoms with van der Waals surface area (Å²) < 4.78 is 14.0. The molecular formula is C15H16FNO3. The number of carboxylic acids is 1. The first-order valence-electron chi connectivity index (χ1n) is 6.84. The fourth-order valence-electron chi connectivity index (χ4n) is 3.11. The molecule has 1 aliphatic carbocycles. The molecule has 1 atom stereocenters. The van der Waals surface area contributed by atoms with Gasteiger partial charge in [-0.05, 0) is 36.5 Å². The smallest absolute Gasteiger partial charge is 0.343 e. The summed E-state index contributed by atoms with van der Waals surface area (Å²) in [4.78, 5) is 24.7. The highest BCUT2D eigenvalue weighted by Crippen LogP contribution is 2.30. The molecule has 0 unspecified atom stereocenters. The number of halogens is 1. The Hall–Kier alpha value is -1.91. The van der Waals surface area contributed by atoms with Crippen LogP contribution in [0.25, 0.3) is 0 Å². The number of carboxylic acid groups (broad SMARTS) is 1. The van der Waals surface area contributed by atoms with Gasteiger partial charge in [-0.3, -0.25) is 4.79 Å². The van der Waals surface area contributed by atoms with E-state index < -0.39 is 11.6 Å². The number of hydrogen-bond acceptors (Lipinski definition) is 2. The van der Waals surface area contributed by atoms with Crippen LogP contribution in [0, 0.1) is 0 Å². The van der Waals surface area contributed by atoms with Gasteiger partial charge in [-0.2, -0.15) is 0 Å². The van der Waals surface area contributed by atoms with Crippen molar-refractivity contribution in [3.05, 3.63) is 34.9 Å². The van der Waals surface area contributed by atoms with E-state index in [1.807, 2.05) is 12.1 Å². The second kappa shape index (κ2) is 4.58. The van der Waals surface area contributed by atoms with Gasteiger partial charge in [0.15, 0.2) is 0 Å². The van der Waals surface area contributed by atoms with Crippen molar-refractivity contribution in [2.45, 2.75) is 31.4 Å². The van der Waals surface area contributed by atoms with Gasteiger partial charge in [0, 0.05) is 18.5 Å². The SMILES string of the molecule is O=C(c1cccc2c1CCC2)N1CC[C@](F)(C(=O)O)C1. The van der Waals surface area contributed by atoms with Crippen molar-refractivity contribution in [1.29, 1.82) is 0 Å². The average Bonchev–Trinajstić information content (AvgIpc) is 3.04. The number of aryl methyl sites for hydroxylation is 1. The third-order valence-corrected chi connectivity index (χ3v) is 4.27. The molecule has 1 aromatic carbocycles. The molecule has 4 nitrogen and oxygen atoms in total. The summed E-state index contributed by atoms with van der Waals surface area (Å²) in [7, 11) is 0. The lowest BCUT2D eigenvalue weighted by molar-refractivity contribution is -0.149. The van der Waals surface area contributed by atoms with Crippen LogP contribution < -0.4 is 0 Å². The van der Waals surface area contributed by atoms with Crippen molar-refractivity contribution in [3.8, 4) is 0 Å². The second-order valence-electron chi connectivity index (χ2n) is 5.54. The summed E-state index contributed by atoms with van der Waals surface area (Å²) in [6, 6.07) is 5.61. The number of aliphatic carboxylic acids is 1. The molecule has 5 heteroatoms. The summed E-state index contributed by atoms with van der Waals surface area (Å²) in [6.07, 6.45) is 2.73. The molecule has 1 aliphatic heterocycles. The van der Waals surface area contributed by atoms with Crippen LogP contribution in [0.1, 0.15) is 34.3 Å². The standard InChI is InChI=1S/C15H16FNO3/c16-15(14(19)20)7-8-17(9-15)13(18)12-6-2-4-10-3-1-5-11(10)12/h2,4,6H,1,3,5,7-9H2,(H,19,20)/t15-/m1/s1. The summed E-state index contributed by atoms with van der Waals surface area (Å²) >= 11 is 0. The third kappa shape index (κ3) is 1.97. The van der Waals surface area contributed by atoms with E-state index in [0.717, 1.165) is 24.8 Å². The van der Waals surface area contributed by atoms with E-state index in [1.165, 1.54) is 10.5 Å². The molecule has 1 aromatic rings. The van der Waals surface area contributed by atoms with Crippen LogP contribution in [0.15, 0.2) is 18.2 Å². The molecule has 1 N–H and O–H groups in total. The maximum Gasteiger partial charge on any atom is 0.343 e. The van der Waals surface area contributed by atoms with E-state index in [-0.39, 0.29) is 25.4 Å². The summed E-state index contributed by atoms with van der Waals surface area (Å²) in [5, 5.41) is 8.88. The molecule has 2 aliphatic rings. The molecule has 106 valence electrons. The fraction of sp³-hybridized carbons (Fsp3) is 0.467. The van der Waals surface area contributed by atoms with Crippen LogP contribution in [0.4, 0.5) is 4.39 Å². The quantitative estimate of drug-likeness (QED) is 0.897. The minimum Gasteiger partial charge on any atom is -0.479 e. The topological polar surface area (TPSA) is 57.6 Å². The van der Waals surface area contributed by atoms with Crippen molar-refractivity contribution in [1.82, 2.24) is 4.90 Å². The Morgan fingerprint density at radius 3 is 2.80 bits per heavy atom. The Kier molecular flexibility index (Phi) is 3.00. The largest absolute Gasteiger partial charge is 0.479 e. The highest BCUT2D eigenvalue weighted by atomic mass is 19.1. The maximum atomic E-state index is 14.0. The molecule has 1 amide bonds. The number of carbonyl (C=O) groups is 2. The Morgan fingerprint density at radius 1 is 1.30 bits per heavy atom. The van der Waals surface area contributed by atoms with Crippen molar-refractivity contribution < 1.29 is 19.1 Å². The van der Waals surface area contributed by atoms with Gasteiger partial charge >= 0.3 is 5.97 Å². The van der Waals surface area contributed by atoms with Gasteiger partial charge in [0.25, 0.3) is 5.91 Å². The Morgan fingerprint density at radius 2 is 2.10 bits per heavy atom. The van der Waals surface area contributed by atoms with Crippen LogP contribution in [0.3, 0.4) is 0 Å². The maximum absolute atomic E-state index is 14.0. The highest BCUT2D eigenvalue weighted by Gasteiger charge is 2.47. The number of nitrogens with zero attached hydrogens (tertiary/aromatic N) is 1. The minimum atomic E-state index is -2.30. The van der Waals surface area contributed by atoms with E-state index in [0.29, 0.717) is 5.56 Å². The Balaban J connectivity index is 1.85. The first-order chi connectivity index (χ1) is 9.51. The molecule has 0 spiro atoms. The molecule has 1 fully saturated rings. The van der Waals surface area contributed by atoms with E-state index in [1.54, 1.807) is 6.07 Å². The number of alkyl halides is 1. The molecule has 1 heterocycles. The van der Waals surface area contributed by atoms with E-state index in [2.05, 4.69) is 0 Å². The van der Waals surface area contributed by atoms with Crippen molar-refractivity contribution >= 4 is 11.9 Å². The molecule has 0 radical (unpaired) electrons. The van der Waals surface area contributed by atoms with Crippen LogP contribution in [-0.4, -0.2) is 40.6 Å². The van der Waals surface area contributed by atoms with Gasteiger partial charge in [0.05, 0.1) is 6.54 Å². The number of hydrogen-bond donors (Lipinski definition) is 1. The first-order valence-corrected chi connectivity index (χ1v) is 6.84. The van der Waals surface area contributed by atoms with Gasteiger partial charge in [0.2, 0.25) is 5.67 Å². The van der Waals surface area contributed by atoms with E-state index >= 15 is 0 Å². The van der Waals surface area contributed by atoms with Crippen LogP contribution >= 0.6 is 0 Å². The van der Waals surface area contributed by atoms with Crippen LogP contribution in [-0.2, 0) is 17.6 Å². The lowest BCUT2D eigenvalue weighted by atomic mass is 10.0. The molecular weight excluding hydrogens is 261 g/mol. The zero-order valence-corrected chi connectivity index (χ0v) is 11.1. The number of fused-ring (bicyclic) bond motifs is 1. The minimum absolute atomic E-state index is 0.136. The summed E-state index contributed by atoms with van der Waals surface area (Å²) in [6.45, 7) is -0.198. The Labute approximate surface area is 116 Å². The van der Waals surface area contributed by atoms with Gasteiger partial charge in [0.1, 0.15) is 0 Å². The predicted octanol–water partition coefficient (Wildman–Crippen LogP) is 1.81. The monoisotopic (exact) mass is 277 g/mol. The van der Waals surface area contributed by atoms with E-state index in [4.69, 9.17) is 5.11 Å². The Bertz CT molecular complexity index is 586. The second-order valence-corrected chi connectivity index (χ2v) is 5.54. The van der Waals surface area contributed by atoms with Crippen molar-refractivity contribution in [2.24, 2.45) is 0 Å². The zero-order valence-electron chi connectivity index (χ0n) is 11.1. The van der Waals surface area contributed by atoms with Crippen molar-refractivity contribution in [2.75, 3.05) is 13.1 Å². The average molecular weight is 277 g/mol. The summed E-state index contributed by atoms with van der Waals surface area (Å²) in [5.74, 6) is -1.73. The first kappa shape index (κ1) is 13.1. The number of rotatable bonds is 2. The molecule has 20 heavy (non-hydrogen) atoms. The number of benzene rings is 1. The third-order valence-electron chi connectivity index (χ3n) is 4.27. The number of likely N-dealkylation sites (tertiary alicyclic amines) is 1. The molecule has 0 bridgehead atoms. The number of amides is 1. The highest BCUT2D eigenvalue weighted by molar-refractivity contribution is 5.97. The fourth-order valence-corrected chi connectivity index (χ4v) is 3.11. The lowest BCUT2D eigenvalue weighted by Crippen LogP contribution is -2.39. The zero-order chi connectivity index (χ0) is 14.3. The van der Waals surface area contributed by atoms with Crippen LogP contribution in [0.5, 0.6) is 0 Å².